The average Bonchev–Trinajstić information content (AvgIpc) is 2.75. The fourth-order valence-electron chi connectivity index (χ4n) is 1.64. The van der Waals surface area contributed by atoms with Crippen LogP contribution in [0.1, 0.15) is 20.8 Å². The average molecular weight is 263 g/mol. The Hall–Kier alpha value is -2.38. The molecule has 2 aromatic heterocycles. The SMILES string of the molecule is CC(C)NC(=O)C(C)Nc1nc(N)nc2[nH]ncc12. The van der Waals surface area contributed by atoms with Crippen molar-refractivity contribution < 1.29 is 4.79 Å². The van der Waals surface area contributed by atoms with Crippen LogP contribution in [0.25, 0.3) is 11.0 Å². The van der Waals surface area contributed by atoms with Gasteiger partial charge in [-0.3, -0.25) is 9.89 Å². The first kappa shape index (κ1) is 13.1. The van der Waals surface area contributed by atoms with Crippen LogP contribution in [-0.4, -0.2) is 38.2 Å². The number of amides is 1. The summed E-state index contributed by atoms with van der Waals surface area (Å²) >= 11 is 0. The van der Waals surface area contributed by atoms with Crippen molar-refractivity contribution in [3.63, 3.8) is 0 Å². The number of hydrogen-bond acceptors (Lipinski definition) is 6. The van der Waals surface area contributed by atoms with E-state index >= 15 is 0 Å². The van der Waals surface area contributed by atoms with E-state index in [1.165, 1.54) is 0 Å². The number of carbonyl (C=O) groups excluding carboxylic acids is 1. The van der Waals surface area contributed by atoms with Gasteiger partial charge >= 0.3 is 0 Å². The molecular weight excluding hydrogens is 246 g/mol. The monoisotopic (exact) mass is 263 g/mol. The van der Waals surface area contributed by atoms with Crippen molar-refractivity contribution >= 4 is 28.7 Å². The Morgan fingerprint density at radius 2 is 2.11 bits per heavy atom. The number of nitrogens with zero attached hydrogens (tertiary/aromatic N) is 3. The molecule has 8 nitrogen and oxygen atoms in total. The molecule has 2 rings (SSSR count). The number of fused-ring (bicyclic) bond motifs is 1. The zero-order chi connectivity index (χ0) is 14.0. The minimum Gasteiger partial charge on any atom is -0.368 e. The van der Waals surface area contributed by atoms with Crippen molar-refractivity contribution in [3.8, 4) is 0 Å². The molecular formula is C11H17N7O. The third kappa shape index (κ3) is 2.90. The summed E-state index contributed by atoms with van der Waals surface area (Å²) < 4.78 is 0. The Labute approximate surface area is 110 Å². The largest absolute Gasteiger partial charge is 0.368 e. The molecule has 0 saturated carbocycles. The van der Waals surface area contributed by atoms with E-state index in [9.17, 15) is 4.79 Å². The van der Waals surface area contributed by atoms with Crippen molar-refractivity contribution in [2.24, 2.45) is 0 Å². The van der Waals surface area contributed by atoms with Crippen LogP contribution < -0.4 is 16.4 Å². The molecule has 0 aliphatic rings. The maximum Gasteiger partial charge on any atom is 0.242 e. The molecule has 8 heteroatoms. The summed E-state index contributed by atoms with van der Waals surface area (Å²) in [6.07, 6.45) is 1.59. The van der Waals surface area contributed by atoms with Gasteiger partial charge in [-0.25, -0.2) is 0 Å². The Morgan fingerprint density at radius 3 is 2.79 bits per heavy atom. The second kappa shape index (κ2) is 5.09. The Balaban J connectivity index is 2.21. The lowest BCUT2D eigenvalue weighted by atomic mass is 10.2. The van der Waals surface area contributed by atoms with E-state index in [0.29, 0.717) is 16.9 Å². The molecule has 2 aromatic rings. The van der Waals surface area contributed by atoms with Crippen LogP contribution in [0.4, 0.5) is 11.8 Å². The summed E-state index contributed by atoms with van der Waals surface area (Å²) in [6, 6.07) is -0.351. The maximum absolute atomic E-state index is 11.8. The van der Waals surface area contributed by atoms with Crippen LogP contribution in [0.2, 0.25) is 0 Å². The van der Waals surface area contributed by atoms with Gasteiger partial charge in [0.15, 0.2) is 5.65 Å². The first-order valence-electron chi connectivity index (χ1n) is 6.01. The fourth-order valence-corrected chi connectivity index (χ4v) is 1.64. The molecule has 19 heavy (non-hydrogen) atoms. The summed E-state index contributed by atoms with van der Waals surface area (Å²) in [5, 5.41) is 13.1. The highest BCUT2D eigenvalue weighted by atomic mass is 16.2. The van der Waals surface area contributed by atoms with Gasteiger partial charge in [0.2, 0.25) is 11.9 Å². The number of rotatable bonds is 4. The van der Waals surface area contributed by atoms with Gasteiger partial charge in [-0.05, 0) is 20.8 Å². The predicted octanol–water partition coefficient (Wildman–Crippen LogP) is 0.260. The van der Waals surface area contributed by atoms with Crippen LogP contribution >= 0.6 is 0 Å². The highest BCUT2D eigenvalue weighted by Gasteiger charge is 2.16. The second-order valence-corrected chi connectivity index (χ2v) is 4.59. The summed E-state index contributed by atoms with van der Waals surface area (Å²) in [5.74, 6) is 0.502. The molecule has 1 atom stereocenters. The molecule has 0 spiro atoms. The predicted molar refractivity (Wildman–Crippen MR) is 72.5 cm³/mol. The van der Waals surface area contributed by atoms with Crippen molar-refractivity contribution in [3.05, 3.63) is 6.20 Å². The maximum atomic E-state index is 11.8. The Morgan fingerprint density at radius 1 is 1.37 bits per heavy atom. The highest BCUT2D eigenvalue weighted by Crippen LogP contribution is 2.19. The lowest BCUT2D eigenvalue weighted by molar-refractivity contribution is -0.122. The molecule has 2 heterocycles. The summed E-state index contributed by atoms with van der Waals surface area (Å²) in [6.45, 7) is 5.56. The lowest BCUT2D eigenvalue weighted by Crippen LogP contribution is -2.41. The molecule has 102 valence electrons. The van der Waals surface area contributed by atoms with Crippen LogP contribution in [0.15, 0.2) is 6.20 Å². The van der Waals surface area contributed by atoms with E-state index < -0.39 is 6.04 Å². The normalized spacial score (nSPS) is 12.6. The number of H-pyrrole nitrogens is 1. The number of aromatic nitrogens is 4. The highest BCUT2D eigenvalue weighted by molar-refractivity contribution is 5.90. The molecule has 1 unspecified atom stereocenters. The van der Waals surface area contributed by atoms with Crippen molar-refractivity contribution in [1.82, 2.24) is 25.5 Å². The summed E-state index contributed by atoms with van der Waals surface area (Å²) in [4.78, 5) is 19.9. The van der Waals surface area contributed by atoms with Crippen molar-refractivity contribution in [1.29, 1.82) is 0 Å². The van der Waals surface area contributed by atoms with Gasteiger partial charge in [-0.2, -0.15) is 15.1 Å². The van der Waals surface area contributed by atoms with E-state index in [4.69, 9.17) is 5.73 Å². The number of nitrogens with two attached hydrogens (primary N) is 1. The fraction of sp³-hybridized carbons (Fsp3) is 0.455. The Kier molecular flexibility index (Phi) is 3.50. The van der Waals surface area contributed by atoms with Crippen molar-refractivity contribution in [2.45, 2.75) is 32.9 Å². The zero-order valence-corrected chi connectivity index (χ0v) is 11.1. The number of carbonyl (C=O) groups is 1. The van der Waals surface area contributed by atoms with Crippen LogP contribution in [-0.2, 0) is 4.79 Å². The molecule has 0 fully saturated rings. The van der Waals surface area contributed by atoms with E-state index in [1.807, 2.05) is 13.8 Å². The van der Waals surface area contributed by atoms with E-state index in [0.717, 1.165) is 0 Å². The van der Waals surface area contributed by atoms with Gasteiger partial charge in [0, 0.05) is 6.04 Å². The smallest absolute Gasteiger partial charge is 0.242 e. The van der Waals surface area contributed by atoms with E-state index in [2.05, 4.69) is 30.8 Å². The molecule has 5 N–H and O–H groups in total. The first-order valence-corrected chi connectivity index (χ1v) is 6.01. The van der Waals surface area contributed by atoms with Gasteiger partial charge in [0.1, 0.15) is 11.9 Å². The number of nitrogens with one attached hydrogen (secondary N) is 3. The third-order valence-electron chi connectivity index (χ3n) is 2.50. The van der Waals surface area contributed by atoms with Crippen LogP contribution in [0, 0.1) is 0 Å². The first-order chi connectivity index (χ1) is 8.97. The number of aromatic amines is 1. The number of anilines is 2. The second-order valence-electron chi connectivity index (χ2n) is 4.59. The molecule has 0 saturated heterocycles. The third-order valence-corrected chi connectivity index (χ3v) is 2.50. The van der Waals surface area contributed by atoms with Gasteiger partial charge in [-0.15, -0.1) is 0 Å². The zero-order valence-electron chi connectivity index (χ0n) is 11.1. The molecule has 0 aliphatic carbocycles. The number of hydrogen-bond donors (Lipinski definition) is 4. The van der Waals surface area contributed by atoms with E-state index in [-0.39, 0.29) is 17.9 Å². The van der Waals surface area contributed by atoms with E-state index in [1.54, 1.807) is 13.1 Å². The van der Waals surface area contributed by atoms with Gasteiger partial charge in [-0.1, -0.05) is 0 Å². The van der Waals surface area contributed by atoms with Crippen LogP contribution in [0.5, 0.6) is 0 Å². The quantitative estimate of drug-likeness (QED) is 0.627. The number of nitrogen functional groups attached to an aromatic ring is 1. The van der Waals surface area contributed by atoms with Crippen molar-refractivity contribution in [2.75, 3.05) is 11.1 Å². The summed E-state index contributed by atoms with van der Waals surface area (Å²) in [5.41, 5.74) is 6.14. The van der Waals surface area contributed by atoms with Gasteiger partial charge in [0.25, 0.3) is 0 Å². The molecule has 0 radical (unpaired) electrons. The summed E-state index contributed by atoms with van der Waals surface area (Å²) in [7, 11) is 0. The molecule has 0 aromatic carbocycles. The van der Waals surface area contributed by atoms with Crippen LogP contribution in [0.3, 0.4) is 0 Å². The standard InChI is InChI=1S/C11H17N7O/c1-5(2)14-10(19)6(3)15-8-7-4-13-18-9(7)17-11(12)16-8/h4-6H,1-3H3,(H,14,19)(H4,12,13,15,16,17,18). The Bertz CT molecular complexity index is 592. The topological polar surface area (TPSA) is 122 Å². The molecule has 0 aliphatic heterocycles. The lowest BCUT2D eigenvalue weighted by Gasteiger charge is -2.16. The minimum atomic E-state index is -0.435. The van der Waals surface area contributed by atoms with Gasteiger partial charge < -0.3 is 16.4 Å². The molecule has 1 amide bonds. The minimum absolute atomic E-state index is 0.0844. The molecule has 0 bridgehead atoms. The van der Waals surface area contributed by atoms with Gasteiger partial charge in [0.05, 0.1) is 11.6 Å².